The number of fused-ring (bicyclic) bond motifs is 1. The normalized spacial score (nSPS) is 11.2. The zero-order valence-corrected chi connectivity index (χ0v) is 19.3. The fourth-order valence-electron chi connectivity index (χ4n) is 3.65. The van der Waals surface area contributed by atoms with Crippen LogP contribution in [-0.2, 0) is 9.53 Å². The van der Waals surface area contributed by atoms with Gasteiger partial charge >= 0.3 is 5.97 Å². The van der Waals surface area contributed by atoms with Crippen molar-refractivity contribution in [1.29, 1.82) is 0 Å². The van der Waals surface area contributed by atoms with Gasteiger partial charge in [-0.1, -0.05) is 54.1 Å². The maximum absolute atomic E-state index is 12.3. The molecule has 2 heterocycles. The Morgan fingerprint density at radius 2 is 1.74 bits per heavy atom. The molecule has 0 aliphatic carbocycles. The lowest BCUT2D eigenvalue weighted by molar-refractivity contribution is -0.138. The summed E-state index contributed by atoms with van der Waals surface area (Å²) in [5.41, 5.74) is 4.21. The van der Waals surface area contributed by atoms with Crippen molar-refractivity contribution in [2.45, 2.75) is 6.92 Å². The first kappa shape index (κ1) is 22.2. The van der Waals surface area contributed by atoms with Crippen LogP contribution in [0.25, 0.3) is 34.2 Å². The Balaban J connectivity index is 1.31. The van der Waals surface area contributed by atoms with Crippen molar-refractivity contribution in [3.63, 3.8) is 0 Å². The van der Waals surface area contributed by atoms with Crippen molar-refractivity contribution < 1.29 is 18.7 Å². The number of ether oxygens (including phenoxy) is 2. The van der Waals surface area contributed by atoms with Crippen LogP contribution in [0.15, 0.2) is 102 Å². The highest BCUT2D eigenvalue weighted by Gasteiger charge is 2.15. The standard InChI is InChI=1S/C29H24N2O4/c1-21-11-14-25(15-12-21)33-17-18-34-28(32)16-13-23-20-31(24-8-3-2-4-9-24)30-29(23)27-19-22-7-5-6-10-26(22)35-27/h2-16,19-20H,17-18H2,1H3. The topological polar surface area (TPSA) is 66.5 Å². The first-order valence-electron chi connectivity index (χ1n) is 11.3. The summed E-state index contributed by atoms with van der Waals surface area (Å²) < 4.78 is 18.7. The summed E-state index contributed by atoms with van der Waals surface area (Å²) in [6, 6.07) is 27.2. The van der Waals surface area contributed by atoms with Gasteiger partial charge in [0.1, 0.15) is 30.2 Å². The van der Waals surface area contributed by atoms with Gasteiger partial charge in [0.15, 0.2) is 5.76 Å². The molecular weight excluding hydrogens is 440 g/mol. The first-order chi connectivity index (χ1) is 17.2. The third-order valence-electron chi connectivity index (χ3n) is 5.44. The summed E-state index contributed by atoms with van der Waals surface area (Å²) in [5.74, 6) is 0.909. The lowest BCUT2D eigenvalue weighted by Gasteiger charge is -2.06. The summed E-state index contributed by atoms with van der Waals surface area (Å²) in [7, 11) is 0. The fraction of sp³-hybridized carbons (Fsp3) is 0.103. The van der Waals surface area contributed by atoms with E-state index in [0.717, 1.165) is 33.5 Å². The molecule has 0 aliphatic rings. The van der Waals surface area contributed by atoms with Crippen LogP contribution in [0.1, 0.15) is 11.1 Å². The van der Waals surface area contributed by atoms with Crippen molar-refractivity contribution in [3.05, 3.63) is 108 Å². The van der Waals surface area contributed by atoms with Gasteiger partial charge in [-0.15, -0.1) is 0 Å². The molecule has 5 rings (SSSR count). The second kappa shape index (κ2) is 10.1. The number of furan rings is 1. The Hall–Kier alpha value is -4.58. The van der Waals surface area contributed by atoms with Crippen molar-refractivity contribution in [2.24, 2.45) is 0 Å². The number of para-hydroxylation sites is 2. The van der Waals surface area contributed by atoms with Crippen LogP contribution >= 0.6 is 0 Å². The number of hydrogen-bond acceptors (Lipinski definition) is 5. The van der Waals surface area contributed by atoms with Crippen LogP contribution in [0.3, 0.4) is 0 Å². The number of rotatable bonds is 8. The second-order valence-electron chi connectivity index (χ2n) is 8.02. The van der Waals surface area contributed by atoms with Crippen molar-refractivity contribution in [3.8, 4) is 22.9 Å². The van der Waals surface area contributed by atoms with Gasteiger partial charge in [0, 0.05) is 23.2 Å². The molecule has 5 aromatic rings. The summed E-state index contributed by atoms with van der Waals surface area (Å²) in [6.07, 6.45) is 4.95. The molecule has 2 aromatic heterocycles. The summed E-state index contributed by atoms with van der Waals surface area (Å²) in [4.78, 5) is 12.3. The Labute approximate surface area is 203 Å². The van der Waals surface area contributed by atoms with Crippen LogP contribution in [0, 0.1) is 6.92 Å². The lowest BCUT2D eigenvalue weighted by atomic mass is 10.2. The molecule has 0 spiro atoms. The average molecular weight is 465 g/mol. The van der Waals surface area contributed by atoms with Gasteiger partial charge < -0.3 is 13.9 Å². The molecule has 6 nitrogen and oxygen atoms in total. The van der Waals surface area contributed by atoms with E-state index >= 15 is 0 Å². The molecule has 0 saturated carbocycles. The maximum Gasteiger partial charge on any atom is 0.330 e. The van der Waals surface area contributed by atoms with Crippen LogP contribution in [-0.4, -0.2) is 29.0 Å². The molecule has 0 bridgehead atoms. The predicted octanol–water partition coefficient (Wildman–Crippen LogP) is 6.23. The molecule has 0 amide bonds. The molecule has 0 radical (unpaired) electrons. The Kier molecular flexibility index (Phi) is 6.44. The van der Waals surface area contributed by atoms with Crippen molar-refractivity contribution in [1.82, 2.24) is 9.78 Å². The Bertz CT molecular complexity index is 1430. The van der Waals surface area contributed by atoms with Crippen LogP contribution in [0.5, 0.6) is 5.75 Å². The van der Waals surface area contributed by atoms with Gasteiger partial charge in [-0.2, -0.15) is 5.10 Å². The number of esters is 1. The molecule has 3 aromatic carbocycles. The molecule has 174 valence electrons. The predicted molar refractivity (Wildman–Crippen MR) is 135 cm³/mol. The summed E-state index contributed by atoms with van der Waals surface area (Å²) in [6.45, 7) is 2.44. The number of aryl methyl sites for hydroxylation is 1. The lowest BCUT2D eigenvalue weighted by Crippen LogP contribution is -2.10. The quantitative estimate of drug-likeness (QED) is 0.155. The Morgan fingerprint density at radius 1 is 0.971 bits per heavy atom. The van der Waals surface area contributed by atoms with Gasteiger partial charge in [-0.3, -0.25) is 0 Å². The summed E-state index contributed by atoms with van der Waals surface area (Å²) >= 11 is 0. The molecule has 0 aliphatic heterocycles. The second-order valence-corrected chi connectivity index (χ2v) is 8.02. The molecule has 0 N–H and O–H groups in total. The van der Waals surface area contributed by atoms with E-state index < -0.39 is 5.97 Å². The fourth-order valence-corrected chi connectivity index (χ4v) is 3.65. The largest absolute Gasteiger partial charge is 0.490 e. The smallest absolute Gasteiger partial charge is 0.330 e. The minimum absolute atomic E-state index is 0.150. The van der Waals surface area contributed by atoms with Gasteiger partial charge in [0.25, 0.3) is 0 Å². The average Bonchev–Trinajstić information content (AvgIpc) is 3.51. The van der Waals surface area contributed by atoms with Crippen molar-refractivity contribution >= 4 is 23.0 Å². The highest BCUT2D eigenvalue weighted by atomic mass is 16.6. The monoisotopic (exact) mass is 464 g/mol. The first-order valence-corrected chi connectivity index (χ1v) is 11.3. The van der Waals surface area contributed by atoms with Gasteiger partial charge in [-0.05, 0) is 49.4 Å². The molecule has 35 heavy (non-hydrogen) atoms. The SMILES string of the molecule is Cc1ccc(OCCOC(=O)C=Cc2cn(-c3ccccc3)nc2-c2cc3ccccc3o2)cc1. The van der Waals surface area contributed by atoms with E-state index in [4.69, 9.17) is 19.0 Å². The molecular formula is C29H24N2O4. The molecule has 0 atom stereocenters. The number of hydrogen-bond donors (Lipinski definition) is 0. The van der Waals surface area contributed by atoms with E-state index in [1.807, 2.05) is 98.0 Å². The number of nitrogens with zero attached hydrogens (tertiary/aromatic N) is 2. The number of aromatic nitrogens is 2. The van der Waals surface area contributed by atoms with Gasteiger partial charge in [-0.25, -0.2) is 9.48 Å². The third kappa shape index (κ3) is 5.33. The van der Waals surface area contributed by atoms with Gasteiger partial charge in [0.2, 0.25) is 0 Å². The van der Waals surface area contributed by atoms with Gasteiger partial charge in [0.05, 0.1) is 5.69 Å². The zero-order chi connectivity index (χ0) is 24.0. The molecule has 0 unspecified atom stereocenters. The molecule has 6 heteroatoms. The third-order valence-corrected chi connectivity index (χ3v) is 5.44. The highest BCUT2D eigenvalue weighted by Crippen LogP contribution is 2.30. The van der Waals surface area contributed by atoms with E-state index in [1.54, 1.807) is 10.8 Å². The van der Waals surface area contributed by atoms with Crippen molar-refractivity contribution in [2.75, 3.05) is 13.2 Å². The molecule has 0 fully saturated rings. The Morgan fingerprint density at radius 3 is 2.54 bits per heavy atom. The van der Waals surface area contributed by atoms with E-state index in [-0.39, 0.29) is 13.2 Å². The molecule has 0 saturated heterocycles. The van der Waals surface area contributed by atoms with E-state index in [1.165, 1.54) is 6.08 Å². The van der Waals surface area contributed by atoms with E-state index in [2.05, 4.69) is 0 Å². The van der Waals surface area contributed by atoms with Crippen LogP contribution in [0.2, 0.25) is 0 Å². The number of carbonyl (C=O) groups excluding carboxylic acids is 1. The maximum atomic E-state index is 12.3. The van der Waals surface area contributed by atoms with Crippen LogP contribution < -0.4 is 4.74 Å². The highest BCUT2D eigenvalue weighted by molar-refractivity contribution is 5.89. The minimum atomic E-state index is -0.458. The summed E-state index contributed by atoms with van der Waals surface area (Å²) in [5, 5.41) is 5.72. The van der Waals surface area contributed by atoms with Crippen LogP contribution in [0.4, 0.5) is 0 Å². The minimum Gasteiger partial charge on any atom is -0.490 e. The van der Waals surface area contributed by atoms with E-state index in [9.17, 15) is 4.79 Å². The number of benzene rings is 3. The zero-order valence-electron chi connectivity index (χ0n) is 19.3. The number of carbonyl (C=O) groups is 1. The van der Waals surface area contributed by atoms with E-state index in [0.29, 0.717) is 11.5 Å².